The number of amides is 2. The van der Waals surface area contributed by atoms with Crippen molar-refractivity contribution >= 4 is 39.5 Å². The average Bonchev–Trinajstić information content (AvgIpc) is 2.72. The molecule has 0 aromatic heterocycles. The zero-order chi connectivity index (χ0) is 22.1. The Morgan fingerprint density at radius 2 is 1.73 bits per heavy atom. The molecule has 0 unspecified atom stereocenters. The van der Waals surface area contributed by atoms with Gasteiger partial charge in [-0.05, 0) is 48.6 Å². The molecule has 0 aliphatic heterocycles. The van der Waals surface area contributed by atoms with Gasteiger partial charge in [0, 0.05) is 23.3 Å². The number of benzene rings is 2. The summed E-state index contributed by atoms with van der Waals surface area (Å²) in [5.41, 5.74) is 3.46. The Balaban J connectivity index is 2.06. The molecule has 2 rings (SSSR count). The summed E-state index contributed by atoms with van der Waals surface area (Å²) in [6.07, 6.45) is 0. The van der Waals surface area contributed by atoms with Crippen molar-refractivity contribution < 1.29 is 9.59 Å². The van der Waals surface area contributed by atoms with Crippen LogP contribution in [0.4, 0.5) is 0 Å². The lowest BCUT2D eigenvalue weighted by molar-refractivity contribution is -0.138. The second-order valence-electron chi connectivity index (χ2n) is 7.88. The molecule has 0 fully saturated rings. The van der Waals surface area contributed by atoms with Crippen LogP contribution in [0.3, 0.4) is 0 Å². The normalized spacial score (nSPS) is 11.9. The monoisotopic (exact) mass is 490 g/mol. The predicted molar refractivity (Wildman–Crippen MR) is 129 cm³/mol. The number of rotatable bonds is 10. The molecular formula is C24H31BrN2O2S. The number of carbonyl (C=O) groups is 2. The van der Waals surface area contributed by atoms with Crippen molar-refractivity contribution in [1.29, 1.82) is 0 Å². The van der Waals surface area contributed by atoms with E-state index in [1.165, 1.54) is 11.1 Å². The first-order chi connectivity index (χ1) is 14.3. The van der Waals surface area contributed by atoms with Gasteiger partial charge in [-0.2, -0.15) is 0 Å². The first-order valence-electron chi connectivity index (χ1n) is 10.2. The summed E-state index contributed by atoms with van der Waals surface area (Å²) >= 11 is 5.03. The number of aryl methyl sites for hydroxylation is 1. The van der Waals surface area contributed by atoms with E-state index >= 15 is 0 Å². The Labute approximate surface area is 192 Å². The molecule has 1 N–H and O–H groups in total. The molecule has 162 valence electrons. The van der Waals surface area contributed by atoms with Gasteiger partial charge in [0.15, 0.2) is 0 Å². The highest BCUT2D eigenvalue weighted by molar-refractivity contribution is 9.10. The average molecular weight is 491 g/mol. The first-order valence-corrected chi connectivity index (χ1v) is 12.2. The van der Waals surface area contributed by atoms with Crippen molar-refractivity contribution in [1.82, 2.24) is 10.2 Å². The van der Waals surface area contributed by atoms with Gasteiger partial charge in [0.05, 0.1) is 5.75 Å². The van der Waals surface area contributed by atoms with E-state index in [2.05, 4.69) is 54.2 Å². The van der Waals surface area contributed by atoms with Crippen LogP contribution in [0.1, 0.15) is 37.5 Å². The van der Waals surface area contributed by atoms with E-state index in [0.717, 1.165) is 15.8 Å². The third kappa shape index (κ3) is 7.80. The first kappa shape index (κ1) is 24.5. The van der Waals surface area contributed by atoms with Gasteiger partial charge < -0.3 is 10.2 Å². The molecule has 4 nitrogen and oxygen atoms in total. The van der Waals surface area contributed by atoms with Crippen LogP contribution in [0.25, 0.3) is 0 Å². The van der Waals surface area contributed by atoms with Gasteiger partial charge in [0.1, 0.15) is 6.04 Å². The fraction of sp³-hybridized carbons (Fsp3) is 0.417. The number of nitrogens with zero attached hydrogens (tertiary/aromatic N) is 1. The van der Waals surface area contributed by atoms with Gasteiger partial charge in [0.2, 0.25) is 11.8 Å². The number of carbonyl (C=O) groups excluding carboxylic acids is 2. The zero-order valence-electron chi connectivity index (χ0n) is 18.2. The Hall–Kier alpha value is -1.79. The standard InChI is InChI=1S/C24H31BrN2O2S/c1-17(2)13-26-24(29)19(4)27(14-20-9-11-22(25)12-10-20)23(28)16-30-15-21-8-6-5-7-18(21)3/h5-12,17,19H,13-16H2,1-4H3,(H,26,29)/t19-/m1/s1. The lowest BCUT2D eigenvalue weighted by Gasteiger charge is -2.29. The molecule has 0 saturated heterocycles. The van der Waals surface area contributed by atoms with Crippen LogP contribution >= 0.6 is 27.7 Å². The molecule has 0 radical (unpaired) electrons. The maximum absolute atomic E-state index is 13.1. The van der Waals surface area contributed by atoms with Crippen LogP contribution in [0.15, 0.2) is 53.0 Å². The molecule has 2 aromatic rings. The zero-order valence-corrected chi connectivity index (χ0v) is 20.6. The minimum Gasteiger partial charge on any atom is -0.354 e. The lowest BCUT2D eigenvalue weighted by Crippen LogP contribution is -2.48. The van der Waals surface area contributed by atoms with Crippen molar-refractivity contribution in [2.24, 2.45) is 5.92 Å². The summed E-state index contributed by atoms with van der Waals surface area (Å²) in [5.74, 6) is 1.34. The molecule has 6 heteroatoms. The number of hydrogen-bond donors (Lipinski definition) is 1. The Kier molecular flexibility index (Phi) is 9.92. The van der Waals surface area contributed by atoms with Crippen molar-refractivity contribution in [2.45, 2.75) is 46.0 Å². The topological polar surface area (TPSA) is 49.4 Å². The van der Waals surface area contributed by atoms with Crippen molar-refractivity contribution in [3.8, 4) is 0 Å². The van der Waals surface area contributed by atoms with Gasteiger partial charge in [0.25, 0.3) is 0 Å². The van der Waals surface area contributed by atoms with E-state index in [4.69, 9.17) is 0 Å². The molecule has 0 aliphatic carbocycles. The molecular weight excluding hydrogens is 460 g/mol. The van der Waals surface area contributed by atoms with Crippen LogP contribution in [-0.2, 0) is 21.9 Å². The fourth-order valence-electron chi connectivity index (χ4n) is 2.92. The smallest absolute Gasteiger partial charge is 0.242 e. The second kappa shape index (κ2) is 12.2. The number of thioether (sulfide) groups is 1. The SMILES string of the molecule is Cc1ccccc1CSCC(=O)N(Cc1ccc(Br)cc1)[C@H](C)C(=O)NCC(C)C. The third-order valence-electron chi connectivity index (χ3n) is 4.86. The van der Waals surface area contributed by atoms with Gasteiger partial charge in [-0.25, -0.2) is 0 Å². The second-order valence-corrected chi connectivity index (χ2v) is 9.78. The van der Waals surface area contributed by atoms with E-state index < -0.39 is 6.04 Å². The highest BCUT2D eigenvalue weighted by Crippen LogP contribution is 2.19. The van der Waals surface area contributed by atoms with Crippen molar-refractivity contribution in [2.75, 3.05) is 12.3 Å². The molecule has 2 aromatic carbocycles. The van der Waals surface area contributed by atoms with Gasteiger partial charge in [-0.1, -0.05) is 66.2 Å². The van der Waals surface area contributed by atoms with Crippen molar-refractivity contribution in [3.05, 3.63) is 69.7 Å². The summed E-state index contributed by atoms with van der Waals surface area (Å²) < 4.78 is 0.987. The van der Waals surface area contributed by atoms with Crippen LogP contribution in [0.2, 0.25) is 0 Å². The summed E-state index contributed by atoms with van der Waals surface area (Å²) in [6.45, 7) is 9.01. The molecule has 0 aliphatic rings. The molecule has 0 bridgehead atoms. The quantitative estimate of drug-likeness (QED) is 0.498. The number of hydrogen-bond acceptors (Lipinski definition) is 3. The minimum absolute atomic E-state index is 0.0244. The molecule has 30 heavy (non-hydrogen) atoms. The Morgan fingerprint density at radius 3 is 2.37 bits per heavy atom. The maximum Gasteiger partial charge on any atom is 0.242 e. The van der Waals surface area contributed by atoms with Gasteiger partial charge >= 0.3 is 0 Å². The lowest BCUT2D eigenvalue weighted by atomic mass is 10.1. The molecule has 0 saturated carbocycles. The van der Waals surface area contributed by atoms with E-state index in [1.807, 2.05) is 36.4 Å². The fourth-order valence-corrected chi connectivity index (χ4v) is 4.18. The van der Waals surface area contributed by atoms with Crippen molar-refractivity contribution in [3.63, 3.8) is 0 Å². The van der Waals surface area contributed by atoms with Crippen LogP contribution < -0.4 is 5.32 Å². The highest BCUT2D eigenvalue weighted by Gasteiger charge is 2.26. The summed E-state index contributed by atoms with van der Waals surface area (Å²) in [6, 6.07) is 15.5. The highest BCUT2D eigenvalue weighted by atomic mass is 79.9. The molecule has 1 atom stereocenters. The minimum atomic E-state index is -0.529. The van der Waals surface area contributed by atoms with Crippen LogP contribution in [0, 0.1) is 12.8 Å². The Morgan fingerprint density at radius 1 is 1.07 bits per heavy atom. The van der Waals surface area contributed by atoms with Gasteiger partial charge in [-0.15, -0.1) is 11.8 Å². The largest absolute Gasteiger partial charge is 0.354 e. The third-order valence-corrected chi connectivity index (χ3v) is 6.36. The van der Waals surface area contributed by atoms with E-state index in [-0.39, 0.29) is 11.8 Å². The summed E-state index contributed by atoms with van der Waals surface area (Å²) in [5, 5.41) is 2.95. The maximum atomic E-state index is 13.1. The molecule has 0 spiro atoms. The molecule has 2 amide bonds. The van der Waals surface area contributed by atoms with Gasteiger partial charge in [-0.3, -0.25) is 9.59 Å². The van der Waals surface area contributed by atoms with Crippen LogP contribution in [-0.4, -0.2) is 35.1 Å². The Bertz CT molecular complexity index is 839. The predicted octanol–water partition coefficient (Wildman–Crippen LogP) is 5.18. The van der Waals surface area contributed by atoms with E-state index in [9.17, 15) is 9.59 Å². The van der Waals surface area contributed by atoms with E-state index in [1.54, 1.807) is 23.6 Å². The number of nitrogens with one attached hydrogen (secondary N) is 1. The van der Waals surface area contributed by atoms with E-state index in [0.29, 0.717) is 24.8 Å². The number of halogens is 1. The molecule has 0 heterocycles. The van der Waals surface area contributed by atoms with Crippen LogP contribution in [0.5, 0.6) is 0 Å². The summed E-state index contributed by atoms with van der Waals surface area (Å²) in [7, 11) is 0. The summed E-state index contributed by atoms with van der Waals surface area (Å²) in [4.78, 5) is 27.4.